The van der Waals surface area contributed by atoms with Crippen molar-refractivity contribution in [3.63, 3.8) is 0 Å². The predicted octanol–water partition coefficient (Wildman–Crippen LogP) is 5.36. The largest absolute Gasteiger partial charge is 0.459 e. The number of morpholine rings is 1. The lowest BCUT2D eigenvalue weighted by molar-refractivity contribution is 0.123. The summed E-state index contributed by atoms with van der Waals surface area (Å²) < 4.78 is 11.5. The predicted molar refractivity (Wildman–Crippen MR) is 111 cm³/mol. The summed E-state index contributed by atoms with van der Waals surface area (Å²) in [4.78, 5) is 2.37. The van der Waals surface area contributed by atoms with Gasteiger partial charge in [-0.05, 0) is 61.0 Å². The molecule has 1 aliphatic rings. The topological polar surface area (TPSA) is 37.6 Å². The molecule has 0 saturated carbocycles. The summed E-state index contributed by atoms with van der Waals surface area (Å²) in [6.07, 6.45) is 0. The second-order valence-corrected chi connectivity index (χ2v) is 7.18. The van der Waals surface area contributed by atoms with Crippen molar-refractivity contribution in [2.24, 2.45) is 0 Å². The molecule has 0 aliphatic carbocycles. The molecule has 1 aliphatic heterocycles. The van der Waals surface area contributed by atoms with Crippen LogP contribution in [0.15, 0.2) is 59.0 Å². The van der Waals surface area contributed by atoms with E-state index in [1.165, 1.54) is 11.3 Å². The molecule has 1 N–H and O–H groups in total. The highest BCUT2D eigenvalue weighted by Gasteiger charge is 2.15. The first-order chi connectivity index (χ1) is 13.2. The average Bonchev–Trinajstić information content (AvgIpc) is 3.17. The van der Waals surface area contributed by atoms with E-state index in [9.17, 15) is 0 Å². The molecule has 2 aromatic carbocycles. The van der Waals surface area contributed by atoms with Crippen LogP contribution in [0.3, 0.4) is 0 Å². The van der Waals surface area contributed by atoms with E-state index in [4.69, 9.17) is 20.8 Å². The summed E-state index contributed by atoms with van der Waals surface area (Å²) in [7, 11) is 0. The Balaban J connectivity index is 1.49. The van der Waals surface area contributed by atoms with Crippen LogP contribution in [0.25, 0.3) is 11.3 Å². The number of hydrogen-bond acceptors (Lipinski definition) is 4. The fourth-order valence-electron chi connectivity index (χ4n) is 3.30. The molecule has 0 unspecified atom stereocenters. The van der Waals surface area contributed by atoms with Crippen molar-refractivity contribution in [1.29, 1.82) is 0 Å². The third-order valence-electron chi connectivity index (χ3n) is 4.75. The lowest BCUT2D eigenvalue weighted by Gasteiger charge is -2.31. The van der Waals surface area contributed by atoms with Gasteiger partial charge in [0.2, 0.25) is 0 Å². The Kier molecular flexibility index (Phi) is 5.37. The molecule has 3 aromatic rings. The quantitative estimate of drug-likeness (QED) is 0.644. The second-order valence-electron chi connectivity index (χ2n) is 6.75. The summed E-state index contributed by atoms with van der Waals surface area (Å²) >= 11 is 5.96. The van der Waals surface area contributed by atoms with Gasteiger partial charge in [0.25, 0.3) is 0 Å². The molecule has 0 amide bonds. The molecule has 0 radical (unpaired) electrons. The number of halogens is 1. The van der Waals surface area contributed by atoms with Gasteiger partial charge < -0.3 is 19.4 Å². The van der Waals surface area contributed by atoms with E-state index in [1.54, 1.807) is 0 Å². The Bertz CT molecular complexity index is 899. The van der Waals surface area contributed by atoms with Crippen molar-refractivity contribution in [3.05, 3.63) is 70.9 Å². The van der Waals surface area contributed by atoms with Gasteiger partial charge in [-0.15, -0.1) is 0 Å². The maximum atomic E-state index is 6.01. The van der Waals surface area contributed by atoms with Crippen LogP contribution in [-0.2, 0) is 11.3 Å². The van der Waals surface area contributed by atoms with E-state index in [0.717, 1.165) is 54.1 Å². The maximum Gasteiger partial charge on any atom is 0.134 e. The van der Waals surface area contributed by atoms with Crippen molar-refractivity contribution in [2.75, 3.05) is 36.5 Å². The van der Waals surface area contributed by atoms with Crippen molar-refractivity contribution in [3.8, 4) is 11.3 Å². The van der Waals surface area contributed by atoms with Crippen LogP contribution in [0.4, 0.5) is 11.4 Å². The third kappa shape index (κ3) is 4.29. The molecule has 4 rings (SSSR count). The smallest absolute Gasteiger partial charge is 0.134 e. The van der Waals surface area contributed by atoms with Crippen LogP contribution < -0.4 is 10.2 Å². The molecule has 1 saturated heterocycles. The number of hydrogen-bond donors (Lipinski definition) is 1. The standard InChI is InChI=1S/C22H23ClN2O2/c1-16-2-8-21(25-10-12-26-13-11-25)20(14-16)24-15-19-7-9-22(27-19)17-3-5-18(23)6-4-17/h2-9,14,24H,10-13,15H2,1H3. The van der Waals surface area contributed by atoms with Gasteiger partial charge in [0.05, 0.1) is 31.1 Å². The number of anilines is 2. The van der Waals surface area contributed by atoms with Crippen molar-refractivity contribution >= 4 is 23.0 Å². The normalized spacial score (nSPS) is 14.4. The fraction of sp³-hybridized carbons (Fsp3) is 0.273. The highest BCUT2D eigenvalue weighted by molar-refractivity contribution is 6.30. The van der Waals surface area contributed by atoms with Gasteiger partial charge in [-0.3, -0.25) is 0 Å². The molecule has 4 nitrogen and oxygen atoms in total. The Morgan fingerprint density at radius 2 is 1.78 bits per heavy atom. The van der Waals surface area contributed by atoms with E-state index in [2.05, 4.69) is 35.3 Å². The molecule has 1 aromatic heterocycles. The molecular formula is C22H23ClN2O2. The van der Waals surface area contributed by atoms with E-state index in [-0.39, 0.29) is 0 Å². The fourth-order valence-corrected chi connectivity index (χ4v) is 3.42. The number of ether oxygens (including phenoxy) is 1. The van der Waals surface area contributed by atoms with Gasteiger partial charge in [0.15, 0.2) is 0 Å². The van der Waals surface area contributed by atoms with Gasteiger partial charge >= 0.3 is 0 Å². The summed E-state index contributed by atoms with van der Waals surface area (Å²) in [6.45, 7) is 6.12. The Labute approximate surface area is 164 Å². The first-order valence-corrected chi connectivity index (χ1v) is 9.59. The van der Waals surface area contributed by atoms with Crippen LogP contribution in [0.5, 0.6) is 0 Å². The number of nitrogens with one attached hydrogen (secondary N) is 1. The molecular weight excluding hydrogens is 360 g/mol. The molecule has 5 heteroatoms. The lowest BCUT2D eigenvalue weighted by atomic mass is 10.1. The van der Waals surface area contributed by atoms with Crippen molar-refractivity contribution < 1.29 is 9.15 Å². The number of aryl methyl sites for hydroxylation is 1. The summed E-state index contributed by atoms with van der Waals surface area (Å²) in [5.74, 6) is 1.75. The van der Waals surface area contributed by atoms with E-state index in [1.807, 2.05) is 36.4 Å². The summed E-state index contributed by atoms with van der Waals surface area (Å²) in [5, 5.41) is 4.27. The van der Waals surface area contributed by atoms with Crippen LogP contribution in [0, 0.1) is 6.92 Å². The van der Waals surface area contributed by atoms with Crippen LogP contribution in [0.1, 0.15) is 11.3 Å². The highest BCUT2D eigenvalue weighted by Crippen LogP contribution is 2.29. The number of benzene rings is 2. The van der Waals surface area contributed by atoms with Gasteiger partial charge in [-0.2, -0.15) is 0 Å². The monoisotopic (exact) mass is 382 g/mol. The maximum absolute atomic E-state index is 6.01. The Morgan fingerprint density at radius 1 is 1.00 bits per heavy atom. The van der Waals surface area contributed by atoms with E-state index < -0.39 is 0 Å². The Morgan fingerprint density at radius 3 is 2.56 bits per heavy atom. The van der Waals surface area contributed by atoms with Gasteiger partial charge in [0.1, 0.15) is 11.5 Å². The minimum Gasteiger partial charge on any atom is -0.459 e. The number of rotatable bonds is 5. The molecule has 27 heavy (non-hydrogen) atoms. The number of furan rings is 1. The molecule has 140 valence electrons. The first kappa shape index (κ1) is 18.0. The molecule has 0 bridgehead atoms. The second kappa shape index (κ2) is 8.07. The van der Waals surface area contributed by atoms with Crippen molar-refractivity contribution in [1.82, 2.24) is 0 Å². The van der Waals surface area contributed by atoms with Crippen LogP contribution in [0.2, 0.25) is 5.02 Å². The zero-order valence-electron chi connectivity index (χ0n) is 15.4. The van der Waals surface area contributed by atoms with E-state index in [0.29, 0.717) is 6.54 Å². The van der Waals surface area contributed by atoms with Gasteiger partial charge in [-0.25, -0.2) is 0 Å². The highest BCUT2D eigenvalue weighted by atomic mass is 35.5. The Hall–Kier alpha value is -2.43. The van der Waals surface area contributed by atoms with Crippen LogP contribution in [-0.4, -0.2) is 26.3 Å². The minimum absolute atomic E-state index is 0.633. The van der Waals surface area contributed by atoms with E-state index >= 15 is 0 Å². The minimum atomic E-state index is 0.633. The van der Waals surface area contributed by atoms with Gasteiger partial charge in [-0.1, -0.05) is 17.7 Å². The van der Waals surface area contributed by atoms with Gasteiger partial charge in [0, 0.05) is 23.7 Å². The molecule has 1 fully saturated rings. The average molecular weight is 383 g/mol. The first-order valence-electron chi connectivity index (χ1n) is 9.21. The lowest BCUT2D eigenvalue weighted by Crippen LogP contribution is -2.36. The third-order valence-corrected chi connectivity index (χ3v) is 5.00. The zero-order valence-corrected chi connectivity index (χ0v) is 16.1. The number of nitrogens with zero attached hydrogens (tertiary/aromatic N) is 1. The summed E-state index contributed by atoms with van der Waals surface area (Å²) in [6, 6.07) is 18.2. The molecule has 0 atom stereocenters. The zero-order chi connectivity index (χ0) is 18.6. The van der Waals surface area contributed by atoms with Crippen molar-refractivity contribution in [2.45, 2.75) is 13.5 Å². The van der Waals surface area contributed by atoms with Crippen LogP contribution >= 0.6 is 11.6 Å². The molecule has 2 heterocycles. The SMILES string of the molecule is Cc1ccc(N2CCOCC2)c(NCc2ccc(-c3ccc(Cl)cc3)o2)c1. The molecule has 0 spiro atoms. The summed E-state index contributed by atoms with van der Waals surface area (Å²) in [5.41, 5.74) is 4.60.